The lowest BCUT2D eigenvalue weighted by molar-refractivity contribution is -0.125. The molecule has 0 spiro atoms. The molecule has 1 amide bonds. The summed E-state index contributed by atoms with van der Waals surface area (Å²) in [5.74, 6) is -0.177. The molecule has 0 aromatic heterocycles. The van der Waals surface area contributed by atoms with Crippen LogP contribution in [0.15, 0.2) is 12.7 Å². The number of amides is 1. The number of carbonyl (C=O) groups excluding carboxylic acids is 1. The van der Waals surface area contributed by atoms with Crippen LogP contribution in [0, 0.1) is 0 Å². The van der Waals surface area contributed by atoms with Gasteiger partial charge in [0.05, 0.1) is 32.0 Å². The summed E-state index contributed by atoms with van der Waals surface area (Å²) < 4.78 is 10.6. The number of nitrogens with one attached hydrogen (secondary N) is 1. The molecule has 2 unspecified atom stereocenters. The zero-order valence-corrected chi connectivity index (χ0v) is 8.78. The molecule has 15 heavy (non-hydrogen) atoms. The maximum absolute atomic E-state index is 11.4. The Balaban J connectivity index is 2.17. The van der Waals surface area contributed by atoms with Gasteiger partial charge in [-0.25, -0.2) is 0 Å². The van der Waals surface area contributed by atoms with Crippen molar-refractivity contribution in [3.05, 3.63) is 12.7 Å². The molecule has 0 aromatic carbocycles. The second kappa shape index (κ2) is 6.55. The number of ether oxygens (including phenoxy) is 2. The van der Waals surface area contributed by atoms with E-state index in [1.54, 1.807) is 6.08 Å². The maximum Gasteiger partial charge on any atom is 0.237 e. The van der Waals surface area contributed by atoms with Crippen LogP contribution in [0.4, 0.5) is 0 Å². The lowest BCUT2D eigenvalue weighted by Crippen LogP contribution is -2.45. The van der Waals surface area contributed by atoms with Crippen molar-refractivity contribution in [2.75, 3.05) is 26.4 Å². The van der Waals surface area contributed by atoms with Crippen LogP contribution in [0.5, 0.6) is 0 Å². The molecule has 1 fully saturated rings. The van der Waals surface area contributed by atoms with Gasteiger partial charge in [-0.05, 0) is 6.42 Å². The minimum Gasteiger partial charge on any atom is -0.376 e. The average Bonchev–Trinajstić information content (AvgIpc) is 2.27. The van der Waals surface area contributed by atoms with Crippen molar-refractivity contribution < 1.29 is 14.3 Å². The fourth-order valence-corrected chi connectivity index (χ4v) is 1.29. The number of nitrogens with two attached hydrogens (primary N) is 1. The first-order valence-electron chi connectivity index (χ1n) is 5.07. The van der Waals surface area contributed by atoms with Gasteiger partial charge in [0.25, 0.3) is 0 Å². The Morgan fingerprint density at radius 1 is 1.67 bits per heavy atom. The maximum atomic E-state index is 11.4. The molecule has 0 bridgehead atoms. The van der Waals surface area contributed by atoms with Crippen molar-refractivity contribution in [2.24, 2.45) is 5.73 Å². The van der Waals surface area contributed by atoms with E-state index in [1.807, 2.05) is 0 Å². The number of hydrogen-bond acceptors (Lipinski definition) is 4. The van der Waals surface area contributed by atoms with E-state index < -0.39 is 6.04 Å². The highest BCUT2D eigenvalue weighted by Gasteiger charge is 2.17. The Morgan fingerprint density at radius 3 is 3.07 bits per heavy atom. The topological polar surface area (TPSA) is 73.6 Å². The predicted octanol–water partition coefficient (Wildman–Crippen LogP) is -0.579. The van der Waals surface area contributed by atoms with Crippen molar-refractivity contribution >= 4 is 5.91 Å². The van der Waals surface area contributed by atoms with Gasteiger partial charge < -0.3 is 20.5 Å². The summed E-state index contributed by atoms with van der Waals surface area (Å²) in [6.45, 7) is 5.71. The second-order valence-electron chi connectivity index (χ2n) is 3.44. The van der Waals surface area contributed by atoms with Gasteiger partial charge in [0.15, 0.2) is 0 Å². The first-order chi connectivity index (χ1) is 7.24. The highest BCUT2D eigenvalue weighted by molar-refractivity contribution is 5.81. The van der Waals surface area contributed by atoms with Crippen molar-refractivity contribution in [1.29, 1.82) is 0 Å². The molecule has 5 nitrogen and oxygen atoms in total. The number of rotatable bonds is 5. The van der Waals surface area contributed by atoms with Crippen molar-refractivity contribution in [1.82, 2.24) is 5.32 Å². The number of carbonyl (C=O) groups is 1. The monoisotopic (exact) mass is 214 g/mol. The van der Waals surface area contributed by atoms with Gasteiger partial charge in [0.2, 0.25) is 5.91 Å². The molecule has 1 aliphatic rings. The van der Waals surface area contributed by atoms with Gasteiger partial charge in [-0.2, -0.15) is 0 Å². The summed E-state index contributed by atoms with van der Waals surface area (Å²) in [5, 5.41) is 2.72. The van der Waals surface area contributed by atoms with Crippen molar-refractivity contribution in [3.8, 4) is 0 Å². The Bertz CT molecular complexity index is 215. The van der Waals surface area contributed by atoms with Gasteiger partial charge in [0.1, 0.15) is 0 Å². The van der Waals surface area contributed by atoms with Crippen LogP contribution >= 0.6 is 0 Å². The minimum absolute atomic E-state index is 0.0568. The molecule has 3 N–H and O–H groups in total. The van der Waals surface area contributed by atoms with Gasteiger partial charge in [-0.15, -0.1) is 6.58 Å². The third-order valence-corrected chi connectivity index (χ3v) is 2.15. The first-order valence-corrected chi connectivity index (χ1v) is 5.07. The standard InChI is InChI=1S/C10H18N2O3/c1-2-3-9(11)10(13)12-6-8-7-14-4-5-15-8/h2,8-9H,1,3-7,11H2,(H,12,13). The molecule has 0 aliphatic carbocycles. The van der Waals surface area contributed by atoms with Gasteiger partial charge in [-0.1, -0.05) is 6.08 Å². The van der Waals surface area contributed by atoms with Crippen LogP contribution in [0.3, 0.4) is 0 Å². The molecule has 1 aliphatic heterocycles. The molecule has 0 aromatic rings. The molecular weight excluding hydrogens is 196 g/mol. The smallest absolute Gasteiger partial charge is 0.237 e. The van der Waals surface area contributed by atoms with Crippen LogP contribution in [0.2, 0.25) is 0 Å². The van der Waals surface area contributed by atoms with E-state index in [2.05, 4.69) is 11.9 Å². The highest BCUT2D eigenvalue weighted by Crippen LogP contribution is 1.99. The van der Waals surface area contributed by atoms with Gasteiger partial charge >= 0.3 is 0 Å². The molecule has 1 saturated heterocycles. The molecule has 0 radical (unpaired) electrons. The quantitative estimate of drug-likeness (QED) is 0.601. The van der Waals surface area contributed by atoms with Crippen LogP contribution < -0.4 is 11.1 Å². The summed E-state index contributed by atoms with van der Waals surface area (Å²) in [5.41, 5.74) is 5.59. The molecule has 86 valence electrons. The van der Waals surface area contributed by atoms with Crippen molar-refractivity contribution in [2.45, 2.75) is 18.6 Å². The number of hydrogen-bond donors (Lipinski definition) is 2. The first kappa shape index (κ1) is 12.2. The zero-order chi connectivity index (χ0) is 11.1. The van der Waals surface area contributed by atoms with E-state index in [4.69, 9.17) is 15.2 Å². The Labute approximate surface area is 89.6 Å². The molecule has 1 rings (SSSR count). The van der Waals surface area contributed by atoms with E-state index in [1.165, 1.54) is 0 Å². The predicted molar refractivity (Wildman–Crippen MR) is 56.4 cm³/mol. The summed E-state index contributed by atoms with van der Waals surface area (Å²) in [6, 6.07) is -0.521. The van der Waals surface area contributed by atoms with Gasteiger partial charge in [-0.3, -0.25) is 4.79 Å². The summed E-state index contributed by atoms with van der Waals surface area (Å²) >= 11 is 0. The fraction of sp³-hybridized carbons (Fsp3) is 0.700. The molecule has 5 heteroatoms. The molecule has 0 saturated carbocycles. The zero-order valence-electron chi connectivity index (χ0n) is 8.78. The lowest BCUT2D eigenvalue weighted by atomic mass is 10.2. The third kappa shape index (κ3) is 4.42. The summed E-state index contributed by atoms with van der Waals surface area (Å²) in [7, 11) is 0. The highest BCUT2D eigenvalue weighted by atomic mass is 16.6. The summed E-state index contributed by atoms with van der Waals surface area (Å²) in [4.78, 5) is 11.4. The summed E-state index contributed by atoms with van der Waals surface area (Å²) in [6.07, 6.45) is 2.05. The normalized spacial score (nSPS) is 23.1. The largest absolute Gasteiger partial charge is 0.376 e. The SMILES string of the molecule is C=CCC(N)C(=O)NCC1COCCO1. The average molecular weight is 214 g/mol. The minimum atomic E-state index is -0.521. The van der Waals surface area contributed by atoms with Gasteiger partial charge in [0, 0.05) is 6.54 Å². The third-order valence-electron chi connectivity index (χ3n) is 2.15. The van der Waals surface area contributed by atoms with Crippen LogP contribution in [-0.2, 0) is 14.3 Å². The van der Waals surface area contributed by atoms with E-state index in [9.17, 15) is 4.79 Å². The molecule has 1 heterocycles. The van der Waals surface area contributed by atoms with Crippen LogP contribution in [0.1, 0.15) is 6.42 Å². The van der Waals surface area contributed by atoms with E-state index in [0.29, 0.717) is 32.8 Å². The lowest BCUT2D eigenvalue weighted by Gasteiger charge is -2.23. The second-order valence-corrected chi connectivity index (χ2v) is 3.44. The Hall–Kier alpha value is -0.910. The van der Waals surface area contributed by atoms with Crippen molar-refractivity contribution in [3.63, 3.8) is 0 Å². The molecular formula is C10H18N2O3. The van der Waals surface area contributed by atoms with Crippen LogP contribution in [0.25, 0.3) is 0 Å². The van der Waals surface area contributed by atoms with Crippen LogP contribution in [-0.4, -0.2) is 44.4 Å². The Morgan fingerprint density at radius 2 is 2.47 bits per heavy atom. The molecule has 2 atom stereocenters. The fourth-order valence-electron chi connectivity index (χ4n) is 1.29. The van der Waals surface area contributed by atoms with E-state index >= 15 is 0 Å². The van der Waals surface area contributed by atoms with E-state index in [-0.39, 0.29) is 12.0 Å². The Kier molecular flexibility index (Phi) is 5.31. The van der Waals surface area contributed by atoms with E-state index in [0.717, 1.165) is 0 Å².